The van der Waals surface area contributed by atoms with Crippen LogP contribution < -0.4 is 11.1 Å². The van der Waals surface area contributed by atoms with Crippen LogP contribution in [-0.2, 0) is 6.54 Å². The summed E-state index contributed by atoms with van der Waals surface area (Å²) in [5.41, 5.74) is 7.29. The van der Waals surface area contributed by atoms with Crippen LogP contribution >= 0.6 is 11.3 Å². The number of nitrogens with two attached hydrogens (primary N) is 1. The highest BCUT2D eigenvalue weighted by Gasteiger charge is 2.11. The van der Waals surface area contributed by atoms with E-state index in [2.05, 4.69) is 17.2 Å². The van der Waals surface area contributed by atoms with Crippen LogP contribution in [0.2, 0.25) is 0 Å². The van der Waals surface area contributed by atoms with Gasteiger partial charge in [0.25, 0.3) is 5.91 Å². The van der Waals surface area contributed by atoms with Gasteiger partial charge in [0, 0.05) is 26.9 Å². The van der Waals surface area contributed by atoms with Gasteiger partial charge in [-0.2, -0.15) is 0 Å². The largest absolute Gasteiger partial charge is 0.508 e. The number of nitrogens with one attached hydrogen (secondary N) is 1. The van der Waals surface area contributed by atoms with Crippen molar-refractivity contribution in [3.05, 3.63) is 51.2 Å². The summed E-state index contributed by atoms with van der Waals surface area (Å²) in [4.78, 5) is 13.1. The first kappa shape index (κ1) is 15.1. The topological polar surface area (TPSA) is 75.3 Å². The first-order valence-electron chi connectivity index (χ1n) is 6.45. The Bertz CT molecular complexity index is 711. The number of thiophene rings is 1. The number of benzene rings is 1. The quantitative estimate of drug-likeness (QED) is 0.759. The molecule has 0 aliphatic heterocycles. The average molecular weight is 300 g/mol. The minimum absolute atomic E-state index is 0.123. The predicted octanol–water partition coefficient (Wildman–Crippen LogP) is 2.00. The van der Waals surface area contributed by atoms with E-state index in [0.717, 1.165) is 10.4 Å². The second-order valence-corrected chi connectivity index (χ2v) is 5.44. The number of hydrogen-bond acceptors (Lipinski definition) is 4. The maximum atomic E-state index is 12.1. The maximum Gasteiger partial charge on any atom is 0.251 e. The fraction of sp³-hybridized carbons (Fsp3) is 0.188. The lowest BCUT2D eigenvalue weighted by Crippen LogP contribution is -2.23. The molecule has 108 valence electrons. The molecule has 0 aliphatic rings. The summed E-state index contributed by atoms with van der Waals surface area (Å²) in [6.07, 6.45) is 0. The first-order chi connectivity index (χ1) is 10.1. The van der Waals surface area contributed by atoms with Gasteiger partial charge in [0.2, 0.25) is 0 Å². The van der Waals surface area contributed by atoms with E-state index in [1.54, 1.807) is 25.1 Å². The fourth-order valence-corrected chi connectivity index (χ4v) is 2.58. The van der Waals surface area contributed by atoms with E-state index in [1.165, 1.54) is 11.3 Å². The molecule has 2 rings (SSSR count). The summed E-state index contributed by atoms with van der Waals surface area (Å²) in [5.74, 6) is 5.66. The summed E-state index contributed by atoms with van der Waals surface area (Å²) in [7, 11) is 0. The van der Waals surface area contributed by atoms with E-state index in [9.17, 15) is 9.90 Å². The van der Waals surface area contributed by atoms with Gasteiger partial charge in [-0.05, 0) is 25.1 Å². The summed E-state index contributed by atoms with van der Waals surface area (Å²) in [5, 5.41) is 14.4. The molecular weight excluding hydrogens is 284 g/mol. The van der Waals surface area contributed by atoms with Crippen molar-refractivity contribution in [2.24, 2.45) is 5.73 Å². The van der Waals surface area contributed by atoms with E-state index < -0.39 is 0 Å². The van der Waals surface area contributed by atoms with Crippen LogP contribution in [0.3, 0.4) is 0 Å². The molecule has 0 saturated carbocycles. The van der Waals surface area contributed by atoms with E-state index in [-0.39, 0.29) is 11.7 Å². The van der Waals surface area contributed by atoms with Crippen LogP contribution in [0.5, 0.6) is 5.75 Å². The minimum Gasteiger partial charge on any atom is -0.508 e. The molecule has 1 heterocycles. The Morgan fingerprint density at radius 2 is 2.29 bits per heavy atom. The molecule has 1 aromatic heterocycles. The van der Waals surface area contributed by atoms with E-state index in [1.807, 2.05) is 11.4 Å². The molecule has 4 nitrogen and oxygen atoms in total. The van der Waals surface area contributed by atoms with Gasteiger partial charge in [0.15, 0.2) is 0 Å². The second kappa shape index (κ2) is 6.93. The standard InChI is InChI=1S/C16H16N2O2S/c1-11-14(5-2-6-15(11)19)16(20)18-9-13-8-12(10-21-13)4-3-7-17/h2,5-6,8,10,19H,7,9,17H2,1H3,(H,18,20). The average Bonchev–Trinajstić information content (AvgIpc) is 2.93. The van der Waals surface area contributed by atoms with Gasteiger partial charge in [-0.3, -0.25) is 4.79 Å². The lowest BCUT2D eigenvalue weighted by atomic mass is 10.1. The third-order valence-electron chi connectivity index (χ3n) is 2.96. The molecule has 1 aromatic carbocycles. The predicted molar refractivity (Wildman–Crippen MR) is 84.3 cm³/mol. The maximum absolute atomic E-state index is 12.1. The van der Waals surface area contributed by atoms with Crippen LogP contribution in [0.15, 0.2) is 29.6 Å². The molecule has 0 fully saturated rings. The first-order valence-corrected chi connectivity index (χ1v) is 7.33. The zero-order chi connectivity index (χ0) is 15.2. The van der Waals surface area contributed by atoms with Crippen molar-refractivity contribution in [2.45, 2.75) is 13.5 Å². The van der Waals surface area contributed by atoms with Crippen molar-refractivity contribution in [2.75, 3.05) is 6.54 Å². The molecular formula is C16H16N2O2S. The molecule has 1 amide bonds. The van der Waals surface area contributed by atoms with Gasteiger partial charge in [0.05, 0.1) is 13.1 Å². The molecule has 5 heteroatoms. The summed E-state index contributed by atoms with van der Waals surface area (Å²) in [6, 6.07) is 6.84. The Balaban J connectivity index is 2.01. The van der Waals surface area contributed by atoms with Crippen molar-refractivity contribution in [3.63, 3.8) is 0 Å². The van der Waals surface area contributed by atoms with Gasteiger partial charge in [0.1, 0.15) is 5.75 Å². The lowest BCUT2D eigenvalue weighted by Gasteiger charge is -2.07. The molecule has 0 unspecified atom stereocenters. The number of carbonyl (C=O) groups excluding carboxylic acids is 1. The van der Waals surface area contributed by atoms with Crippen molar-refractivity contribution in [1.82, 2.24) is 5.32 Å². The van der Waals surface area contributed by atoms with Gasteiger partial charge in [-0.15, -0.1) is 11.3 Å². The molecule has 4 N–H and O–H groups in total. The summed E-state index contributed by atoms with van der Waals surface area (Å²) >= 11 is 1.54. The summed E-state index contributed by atoms with van der Waals surface area (Å²) in [6.45, 7) is 2.48. The number of carbonyl (C=O) groups is 1. The molecule has 0 spiro atoms. The molecule has 21 heavy (non-hydrogen) atoms. The highest BCUT2D eigenvalue weighted by Crippen LogP contribution is 2.20. The lowest BCUT2D eigenvalue weighted by molar-refractivity contribution is 0.0950. The molecule has 2 aromatic rings. The number of aromatic hydroxyl groups is 1. The molecule has 0 saturated heterocycles. The minimum atomic E-state index is -0.202. The number of hydrogen-bond donors (Lipinski definition) is 3. The Labute approximate surface area is 127 Å². The summed E-state index contributed by atoms with van der Waals surface area (Å²) < 4.78 is 0. The fourth-order valence-electron chi connectivity index (χ4n) is 1.82. The second-order valence-electron chi connectivity index (χ2n) is 4.44. The van der Waals surface area contributed by atoms with E-state index in [4.69, 9.17) is 5.73 Å². The Kier molecular flexibility index (Phi) is 4.99. The Morgan fingerprint density at radius 1 is 1.48 bits per heavy atom. The van der Waals surface area contributed by atoms with E-state index in [0.29, 0.717) is 24.2 Å². The van der Waals surface area contributed by atoms with Crippen molar-refractivity contribution in [1.29, 1.82) is 0 Å². The molecule has 0 bridgehead atoms. The highest BCUT2D eigenvalue weighted by molar-refractivity contribution is 7.10. The molecule has 0 atom stereocenters. The Hall–Kier alpha value is -2.29. The molecule has 0 aliphatic carbocycles. The van der Waals surface area contributed by atoms with Crippen LogP contribution in [0.1, 0.15) is 26.4 Å². The number of phenolic OH excluding ortho intramolecular Hbond substituents is 1. The van der Waals surface area contributed by atoms with Gasteiger partial charge < -0.3 is 16.2 Å². The van der Waals surface area contributed by atoms with Crippen LogP contribution in [0, 0.1) is 18.8 Å². The van der Waals surface area contributed by atoms with Gasteiger partial charge in [-0.25, -0.2) is 0 Å². The van der Waals surface area contributed by atoms with Crippen LogP contribution in [0.25, 0.3) is 0 Å². The number of phenols is 1. The highest BCUT2D eigenvalue weighted by atomic mass is 32.1. The van der Waals surface area contributed by atoms with Gasteiger partial charge in [-0.1, -0.05) is 17.9 Å². The van der Waals surface area contributed by atoms with Crippen molar-refractivity contribution >= 4 is 17.2 Å². The van der Waals surface area contributed by atoms with E-state index >= 15 is 0 Å². The van der Waals surface area contributed by atoms with Crippen LogP contribution in [0.4, 0.5) is 0 Å². The zero-order valence-electron chi connectivity index (χ0n) is 11.6. The van der Waals surface area contributed by atoms with Crippen molar-refractivity contribution < 1.29 is 9.90 Å². The number of rotatable bonds is 3. The SMILES string of the molecule is Cc1c(O)cccc1C(=O)NCc1cc(C#CCN)cs1. The third kappa shape index (κ3) is 3.85. The number of amides is 1. The van der Waals surface area contributed by atoms with Crippen molar-refractivity contribution in [3.8, 4) is 17.6 Å². The zero-order valence-corrected chi connectivity index (χ0v) is 12.5. The smallest absolute Gasteiger partial charge is 0.251 e. The van der Waals surface area contributed by atoms with Gasteiger partial charge >= 0.3 is 0 Å². The third-order valence-corrected chi connectivity index (χ3v) is 3.90. The monoisotopic (exact) mass is 300 g/mol. The van der Waals surface area contributed by atoms with Crippen LogP contribution in [-0.4, -0.2) is 17.6 Å². The normalized spacial score (nSPS) is 9.81. The Morgan fingerprint density at radius 3 is 3.05 bits per heavy atom. The molecule has 0 radical (unpaired) electrons.